The summed E-state index contributed by atoms with van der Waals surface area (Å²) < 4.78 is 16.1. The number of carbonyl (C=O) groups is 1. The van der Waals surface area contributed by atoms with E-state index in [0.29, 0.717) is 28.2 Å². The lowest BCUT2D eigenvalue weighted by Gasteiger charge is -2.09. The van der Waals surface area contributed by atoms with E-state index >= 15 is 0 Å². The summed E-state index contributed by atoms with van der Waals surface area (Å²) in [5.41, 5.74) is 1.25. The highest BCUT2D eigenvalue weighted by Gasteiger charge is 2.08. The second-order valence-electron chi connectivity index (χ2n) is 4.93. The Morgan fingerprint density at radius 2 is 1.96 bits per heavy atom. The normalized spacial score (nSPS) is 10.5. The molecule has 0 aliphatic heterocycles. The van der Waals surface area contributed by atoms with Gasteiger partial charge in [0.1, 0.15) is 30.0 Å². The van der Waals surface area contributed by atoms with E-state index in [1.54, 1.807) is 49.6 Å². The molecule has 1 aromatic heterocycles. The van der Waals surface area contributed by atoms with E-state index in [4.69, 9.17) is 13.9 Å². The topological polar surface area (TPSA) is 65.7 Å². The number of fused-ring (bicyclic) bond motifs is 1. The summed E-state index contributed by atoms with van der Waals surface area (Å²) in [5.74, 6) is 1.22. The maximum absolute atomic E-state index is 11.7. The number of hydrogen-bond acceptors (Lipinski definition) is 5. The number of aldehydes is 1. The van der Waals surface area contributed by atoms with Gasteiger partial charge in [0.25, 0.3) is 0 Å². The molecule has 5 heteroatoms. The lowest BCUT2D eigenvalue weighted by atomic mass is 10.1. The Bertz CT molecular complexity index is 911. The van der Waals surface area contributed by atoms with Gasteiger partial charge >= 0.3 is 5.63 Å². The first-order valence-corrected chi connectivity index (χ1v) is 6.98. The first kappa shape index (κ1) is 14.8. The van der Waals surface area contributed by atoms with Gasteiger partial charge in [-0.05, 0) is 30.3 Å². The molecule has 0 unspecified atom stereocenters. The van der Waals surface area contributed by atoms with Crippen molar-refractivity contribution in [1.29, 1.82) is 0 Å². The highest BCUT2D eigenvalue weighted by atomic mass is 16.5. The van der Waals surface area contributed by atoms with Crippen LogP contribution >= 0.6 is 0 Å². The fourth-order valence-corrected chi connectivity index (χ4v) is 2.29. The first-order valence-electron chi connectivity index (χ1n) is 6.98. The monoisotopic (exact) mass is 310 g/mol. The smallest absolute Gasteiger partial charge is 0.336 e. The summed E-state index contributed by atoms with van der Waals surface area (Å²) >= 11 is 0. The zero-order valence-corrected chi connectivity index (χ0v) is 12.4. The standard InChI is InChI=1S/C18H14O5/c1-21-14-5-6-17-16(9-14)13(8-18(20)23-17)11-22-15-4-2-3-12(7-15)10-19/h2-10H,11H2,1H3. The molecule has 0 aliphatic carbocycles. The predicted molar refractivity (Wildman–Crippen MR) is 85.2 cm³/mol. The Hall–Kier alpha value is -3.08. The van der Waals surface area contributed by atoms with Crippen LogP contribution in [0.15, 0.2) is 57.7 Å². The highest BCUT2D eigenvalue weighted by Crippen LogP contribution is 2.24. The molecule has 3 rings (SSSR count). The van der Waals surface area contributed by atoms with Gasteiger partial charge in [-0.3, -0.25) is 4.79 Å². The van der Waals surface area contributed by atoms with Crippen molar-refractivity contribution in [3.63, 3.8) is 0 Å². The summed E-state index contributed by atoms with van der Waals surface area (Å²) in [6.07, 6.45) is 0.754. The van der Waals surface area contributed by atoms with Crippen LogP contribution in [-0.2, 0) is 6.61 Å². The molecule has 5 nitrogen and oxygen atoms in total. The minimum atomic E-state index is -0.442. The number of carbonyl (C=O) groups excluding carboxylic acids is 1. The van der Waals surface area contributed by atoms with E-state index in [9.17, 15) is 9.59 Å². The number of rotatable bonds is 5. The third kappa shape index (κ3) is 3.23. The van der Waals surface area contributed by atoms with E-state index in [1.807, 2.05) is 0 Å². The van der Waals surface area contributed by atoms with Gasteiger partial charge in [0.05, 0.1) is 7.11 Å². The van der Waals surface area contributed by atoms with Crippen molar-refractivity contribution in [2.45, 2.75) is 6.61 Å². The molecule has 0 aliphatic rings. The highest BCUT2D eigenvalue weighted by molar-refractivity contribution is 5.81. The molecule has 0 radical (unpaired) electrons. The van der Waals surface area contributed by atoms with Gasteiger partial charge in [-0.25, -0.2) is 4.79 Å². The second-order valence-corrected chi connectivity index (χ2v) is 4.93. The third-order valence-corrected chi connectivity index (χ3v) is 3.42. The average Bonchev–Trinajstić information content (AvgIpc) is 2.59. The van der Waals surface area contributed by atoms with Crippen LogP contribution < -0.4 is 15.1 Å². The van der Waals surface area contributed by atoms with E-state index < -0.39 is 5.63 Å². The zero-order valence-electron chi connectivity index (χ0n) is 12.4. The van der Waals surface area contributed by atoms with Gasteiger partial charge in [-0.15, -0.1) is 0 Å². The number of hydrogen-bond donors (Lipinski definition) is 0. The number of methoxy groups -OCH3 is 1. The Morgan fingerprint density at radius 3 is 2.74 bits per heavy atom. The lowest BCUT2D eigenvalue weighted by Crippen LogP contribution is -2.04. The van der Waals surface area contributed by atoms with E-state index in [2.05, 4.69) is 0 Å². The molecule has 116 valence electrons. The van der Waals surface area contributed by atoms with Crippen molar-refractivity contribution in [3.05, 3.63) is 70.1 Å². The van der Waals surface area contributed by atoms with Crippen LogP contribution in [0.4, 0.5) is 0 Å². The van der Waals surface area contributed by atoms with Gasteiger partial charge in [-0.1, -0.05) is 12.1 Å². The predicted octanol–water partition coefficient (Wildman–Crippen LogP) is 3.19. The van der Waals surface area contributed by atoms with Crippen LogP contribution in [0.3, 0.4) is 0 Å². The first-order chi connectivity index (χ1) is 11.2. The van der Waals surface area contributed by atoms with Crippen molar-refractivity contribution in [1.82, 2.24) is 0 Å². The molecule has 0 saturated heterocycles. The molecule has 0 fully saturated rings. The molecule has 2 aromatic carbocycles. The van der Waals surface area contributed by atoms with Gasteiger partial charge in [0.15, 0.2) is 0 Å². The minimum absolute atomic E-state index is 0.178. The molecule has 0 N–H and O–H groups in total. The van der Waals surface area contributed by atoms with Crippen molar-refractivity contribution >= 4 is 17.3 Å². The Labute approximate surface area is 132 Å². The van der Waals surface area contributed by atoms with Crippen molar-refractivity contribution < 1.29 is 18.7 Å². The fourth-order valence-electron chi connectivity index (χ4n) is 2.29. The van der Waals surface area contributed by atoms with Gasteiger partial charge < -0.3 is 13.9 Å². The van der Waals surface area contributed by atoms with Crippen LogP contribution in [0.2, 0.25) is 0 Å². The number of benzene rings is 2. The Morgan fingerprint density at radius 1 is 1.09 bits per heavy atom. The average molecular weight is 310 g/mol. The van der Waals surface area contributed by atoms with Crippen LogP contribution in [0.25, 0.3) is 11.0 Å². The van der Waals surface area contributed by atoms with E-state index in [1.165, 1.54) is 6.07 Å². The molecule has 0 spiro atoms. The van der Waals surface area contributed by atoms with Crippen LogP contribution in [0.1, 0.15) is 15.9 Å². The minimum Gasteiger partial charge on any atom is -0.497 e. The molecule has 0 atom stereocenters. The van der Waals surface area contributed by atoms with Crippen molar-refractivity contribution in [2.75, 3.05) is 7.11 Å². The molecular formula is C18H14O5. The SMILES string of the molecule is COc1ccc2oc(=O)cc(COc3cccc(C=O)c3)c2c1. The molecule has 0 bridgehead atoms. The van der Waals surface area contributed by atoms with E-state index in [-0.39, 0.29) is 6.61 Å². The summed E-state index contributed by atoms with van der Waals surface area (Å²) in [4.78, 5) is 22.5. The maximum atomic E-state index is 11.7. The second kappa shape index (κ2) is 6.36. The summed E-state index contributed by atoms with van der Waals surface area (Å²) in [6, 6.07) is 13.4. The van der Waals surface area contributed by atoms with Crippen molar-refractivity contribution in [3.8, 4) is 11.5 Å². The molecule has 23 heavy (non-hydrogen) atoms. The summed E-state index contributed by atoms with van der Waals surface area (Å²) in [5, 5.41) is 0.746. The molecular weight excluding hydrogens is 296 g/mol. The van der Waals surface area contributed by atoms with Gasteiger partial charge in [0, 0.05) is 22.6 Å². The van der Waals surface area contributed by atoms with Gasteiger partial charge in [-0.2, -0.15) is 0 Å². The third-order valence-electron chi connectivity index (χ3n) is 3.42. The molecule has 1 heterocycles. The Balaban J connectivity index is 1.95. The molecule has 0 saturated carbocycles. The summed E-state index contributed by atoms with van der Waals surface area (Å²) in [6.45, 7) is 0.178. The maximum Gasteiger partial charge on any atom is 0.336 e. The van der Waals surface area contributed by atoms with Crippen molar-refractivity contribution in [2.24, 2.45) is 0 Å². The molecule has 3 aromatic rings. The number of ether oxygens (including phenoxy) is 2. The van der Waals surface area contributed by atoms with E-state index in [0.717, 1.165) is 11.7 Å². The fraction of sp³-hybridized carbons (Fsp3) is 0.111. The van der Waals surface area contributed by atoms with Gasteiger partial charge in [0.2, 0.25) is 0 Å². The Kier molecular flexibility index (Phi) is 4.10. The van der Waals surface area contributed by atoms with Crippen LogP contribution in [-0.4, -0.2) is 13.4 Å². The lowest BCUT2D eigenvalue weighted by molar-refractivity contribution is 0.112. The van der Waals surface area contributed by atoms with Crippen LogP contribution in [0.5, 0.6) is 11.5 Å². The summed E-state index contributed by atoms with van der Waals surface area (Å²) in [7, 11) is 1.57. The van der Waals surface area contributed by atoms with Crippen LogP contribution in [0, 0.1) is 0 Å². The quantitative estimate of drug-likeness (QED) is 0.535. The zero-order chi connectivity index (χ0) is 16.2. The largest absolute Gasteiger partial charge is 0.497 e. The molecule has 0 amide bonds.